The first-order valence-corrected chi connectivity index (χ1v) is 4.99. The summed E-state index contributed by atoms with van der Waals surface area (Å²) in [5.41, 5.74) is 3.02. The molecule has 72 valence electrons. The Balaban J connectivity index is 2.31. The van der Waals surface area contributed by atoms with Gasteiger partial charge < -0.3 is 4.90 Å². The SMILES string of the molecule is C#Cc1cc(N2CCCC2)cnc1C. The Morgan fingerprint density at radius 1 is 1.43 bits per heavy atom. The van der Waals surface area contributed by atoms with Crippen LogP contribution in [0, 0.1) is 19.3 Å². The van der Waals surface area contributed by atoms with Crippen molar-refractivity contribution in [1.29, 1.82) is 0 Å². The summed E-state index contributed by atoms with van der Waals surface area (Å²) in [7, 11) is 0. The summed E-state index contributed by atoms with van der Waals surface area (Å²) in [5.74, 6) is 2.67. The molecule has 0 aromatic carbocycles. The third-order valence-electron chi connectivity index (χ3n) is 2.70. The van der Waals surface area contributed by atoms with Gasteiger partial charge in [0.2, 0.25) is 0 Å². The van der Waals surface area contributed by atoms with E-state index in [0.717, 1.165) is 24.3 Å². The minimum absolute atomic E-state index is 0.911. The highest BCUT2D eigenvalue weighted by molar-refractivity contribution is 5.52. The Bertz CT molecular complexity index is 370. The number of rotatable bonds is 1. The number of hydrogen-bond donors (Lipinski definition) is 0. The number of nitrogens with zero attached hydrogens (tertiary/aromatic N) is 2. The van der Waals surface area contributed by atoms with E-state index in [1.54, 1.807) is 0 Å². The first-order chi connectivity index (χ1) is 6.81. The monoisotopic (exact) mass is 186 g/mol. The van der Waals surface area contributed by atoms with Gasteiger partial charge in [-0.05, 0) is 25.8 Å². The molecule has 0 N–H and O–H groups in total. The van der Waals surface area contributed by atoms with Gasteiger partial charge in [-0.2, -0.15) is 0 Å². The zero-order valence-corrected chi connectivity index (χ0v) is 8.45. The van der Waals surface area contributed by atoms with Gasteiger partial charge in [0, 0.05) is 18.7 Å². The summed E-state index contributed by atoms with van der Waals surface area (Å²) in [6.45, 7) is 4.21. The van der Waals surface area contributed by atoms with E-state index in [1.165, 1.54) is 18.5 Å². The standard InChI is InChI=1S/C12H14N2/c1-3-11-8-12(9-13-10(11)2)14-6-4-5-7-14/h1,8-9H,4-7H2,2H3. The number of anilines is 1. The number of terminal acetylenes is 1. The predicted octanol–water partition coefficient (Wildman–Crippen LogP) is 1.97. The van der Waals surface area contributed by atoms with E-state index in [2.05, 4.69) is 21.9 Å². The fraction of sp³-hybridized carbons (Fsp3) is 0.417. The summed E-state index contributed by atoms with van der Waals surface area (Å²) >= 11 is 0. The van der Waals surface area contributed by atoms with Gasteiger partial charge >= 0.3 is 0 Å². The Morgan fingerprint density at radius 2 is 2.14 bits per heavy atom. The topological polar surface area (TPSA) is 16.1 Å². The Morgan fingerprint density at radius 3 is 2.79 bits per heavy atom. The third-order valence-corrected chi connectivity index (χ3v) is 2.70. The van der Waals surface area contributed by atoms with Crippen molar-refractivity contribution < 1.29 is 0 Å². The molecular weight excluding hydrogens is 172 g/mol. The molecule has 0 bridgehead atoms. The van der Waals surface area contributed by atoms with Crippen LogP contribution in [0.2, 0.25) is 0 Å². The van der Waals surface area contributed by atoms with E-state index in [4.69, 9.17) is 6.42 Å². The van der Waals surface area contributed by atoms with Crippen LogP contribution in [0.15, 0.2) is 12.3 Å². The van der Waals surface area contributed by atoms with Crippen molar-refractivity contribution in [3.05, 3.63) is 23.5 Å². The summed E-state index contributed by atoms with van der Waals surface area (Å²) < 4.78 is 0. The molecule has 2 heteroatoms. The van der Waals surface area contributed by atoms with Crippen molar-refractivity contribution >= 4 is 5.69 Å². The van der Waals surface area contributed by atoms with Gasteiger partial charge in [0.05, 0.1) is 17.6 Å². The summed E-state index contributed by atoms with van der Waals surface area (Å²) in [5, 5.41) is 0. The van der Waals surface area contributed by atoms with Crippen LogP contribution in [0.4, 0.5) is 5.69 Å². The average Bonchev–Trinajstić information content (AvgIpc) is 2.71. The number of pyridine rings is 1. The molecule has 1 aliphatic rings. The highest BCUT2D eigenvalue weighted by Crippen LogP contribution is 2.20. The minimum Gasteiger partial charge on any atom is -0.370 e. The van der Waals surface area contributed by atoms with Gasteiger partial charge in [-0.1, -0.05) is 5.92 Å². The molecule has 0 radical (unpaired) electrons. The van der Waals surface area contributed by atoms with Crippen molar-refractivity contribution in [3.63, 3.8) is 0 Å². The van der Waals surface area contributed by atoms with E-state index >= 15 is 0 Å². The zero-order chi connectivity index (χ0) is 9.97. The van der Waals surface area contributed by atoms with Crippen LogP contribution < -0.4 is 4.90 Å². The van der Waals surface area contributed by atoms with Gasteiger partial charge in [-0.15, -0.1) is 6.42 Å². The molecule has 2 rings (SSSR count). The molecular formula is C12H14N2. The van der Waals surface area contributed by atoms with E-state index in [9.17, 15) is 0 Å². The highest BCUT2D eigenvalue weighted by Gasteiger charge is 2.13. The Kier molecular flexibility index (Phi) is 2.41. The lowest BCUT2D eigenvalue weighted by atomic mass is 10.2. The molecule has 0 amide bonds. The zero-order valence-electron chi connectivity index (χ0n) is 8.45. The van der Waals surface area contributed by atoms with E-state index < -0.39 is 0 Å². The highest BCUT2D eigenvalue weighted by atomic mass is 15.1. The van der Waals surface area contributed by atoms with Gasteiger partial charge in [0.25, 0.3) is 0 Å². The Hall–Kier alpha value is -1.49. The first kappa shape index (κ1) is 9.08. The van der Waals surface area contributed by atoms with Crippen molar-refractivity contribution in [2.75, 3.05) is 18.0 Å². The van der Waals surface area contributed by atoms with Crippen LogP contribution in [0.1, 0.15) is 24.1 Å². The summed E-state index contributed by atoms with van der Waals surface area (Å²) in [6.07, 6.45) is 9.88. The molecule has 2 heterocycles. The molecule has 1 aromatic rings. The number of hydrogen-bond acceptors (Lipinski definition) is 2. The molecule has 1 saturated heterocycles. The molecule has 0 saturated carbocycles. The van der Waals surface area contributed by atoms with E-state index in [-0.39, 0.29) is 0 Å². The van der Waals surface area contributed by atoms with Crippen molar-refractivity contribution in [3.8, 4) is 12.3 Å². The third kappa shape index (κ3) is 1.58. The first-order valence-electron chi connectivity index (χ1n) is 4.99. The average molecular weight is 186 g/mol. The maximum atomic E-state index is 5.41. The lowest BCUT2D eigenvalue weighted by Gasteiger charge is -2.17. The van der Waals surface area contributed by atoms with E-state index in [0.29, 0.717) is 0 Å². The van der Waals surface area contributed by atoms with Gasteiger partial charge in [-0.3, -0.25) is 4.98 Å². The fourth-order valence-corrected chi connectivity index (χ4v) is 1.82. The molecule has 0 aliphatic carbocycles. The summed E-state index contributed by atoms with van der Waals surface area (Å²) in [4.78, 5) is 6.65. The maximum absolute atomic E-state index is 5.41. The molecule has 0 unspecified atom stereocenters. The summed E-state index contributed by atoms with van der Waals surface area (Å²) in [6, 6.07) is 2.06. The Labute approximate surface area is 85.0 Å². The lowest BCUT2D eigenvalue weighted by Crippen LogP contribution is -2.18. The fourth-order valence-electron chi connectivity index (χ4n) is 1.82. The molecule has 0 spiro atoms. The van der Waals surface area contributed by atoms with Crippen molar-refractivity contribution in [2.24, 2.45) is 0 Å². The van der Waals surface area contributed by atoms with Gasteiger partial charge in [0.1, 0.15) is 0 Å². The largest absolute Gasteiger partial charge is 0.370 e. The molecule has 1 aliphatic heterocycles. The normalized spacial score (nSPS) is 15.6. The van der Waals surface area contributed by atoms with Gasteiger partial charge in [-0.25, -0.2) is 0 Å². The lowest BCUT2D eigenvalue weighted by molar-refractivity contribution is 0.949. The minimum atomic E-state index is 0.911. The molecule has 1 aromatic heterocycles. The molecule has 14 heavy (non-hydrogen) atoms. The maximum Gasteiger partial charge on any atom is 0.0565 e. The molecule has 2 nitrogen and oxygen atoms in total. The second-order valence-corrected chi connectivity index (χ2v) is 3.66. The smallest absolute Gasteiger partial charge is 0.0565 e. The predicted molar refractivity (Wildman–Crippen MR) is 58.4 cm³/mol. The number of aromatic nitrogens is 1. The second kappa shape index (κ2) is 3.71. The van der Waals surface area contributed by atoms with Crippen LogP contribution in [0.3, 0.4) is 0 Å². The van der Waals surface area contributed by atoms with Crippen LogP contribution >= 0.6 is 0 Å². The van der Waals surface area contributed by atoms with Crippen molar-refractivity contribution in [2.45, 2.75) is 19.8 Å². The van der Waals surface area contributed by atoms with Crippen molar-refractivity contribution in [1.82, 2.24) is 4.98 Å². The van der Waals surface area contributed by atoms with Crippen LogP contribution in [0.25, 0.3) is 0 Å². The van der Waals surface area contributed by atoms with E-state index in [1.807, 2.05) is 13.1 Å². The second-order valence-electron chi connectivity index (χ2n) is 3.66. The van der Waals surface area contributed by atoms with Crippen LogP contribution in [0.5, 0.6) is 0 Å². The quantitative estimate of drug-likeness (QED) is 0.623. The number of aryl methyl sites for hydroxylation is 1. The molecule has 1 fully saturated rings. The van der Waals surface area contributed by atoms with Crippen LogP contribution in [-0.2, 0) is 0 Å². The molecule has 0 atom stereocenters. The van der Waals surface area contributed by atoms with Gasteiger partial charge in [0.15, 0.2) is 0 Å². The van der Waals surface area contributed by atoms with Crippen LogP contribution in [-0.4, -0.2) is 18.1 Å².